The molecule has 1 aliphatic heterocycles. The van der Waals surface area contributed by atoms with Gasteiger partial charge in [0.25, 0.3) is 0 Å². The van der Waals surface area contributed by atoms with Crippen LogP contribution < -0.4 is 16.0 Å². The van der Waals surface area contributed by atoms with Crippen molar-refractivity contribution < 1.29 is 14.7 Å². The molecule has 15 heavy (non-hydrogen) atoms. The first-order valence-corrected chi connectivity index (χ1v) is 5.08. The van der Waals surface area contributed by atoms with E-state index in [0.29, 0.717) is 6.54 Å². The molecule has 0 spiro atoms. The highest BCUT2D eigenvalue weighted by molar-refractivity contribution is 5.87. The quantitative estimate of drug-likeness (QED) is 0.425. The Kier molecular flexibility index (Phi) is 2.62. The second-order valence-electron chi connectivity index (χ2n) is 4.17. The highest BCUT2D eigenvalue weighted by atomic mass is 16.3. The summed E-state index contributed by atoms with van der Waals surface area (Å²) in [5.74, 6) is -0.246. The first kappa shape index (κ1) is 10.4. The molecule has 1 heterocycles. The van der Waals surface area contributed by atoms with Crippen LogP contribution in [-0.4, -0.2) is 48.2 Å². The van der Waals surface area contributed by atoms with Gasteiger partial charge in [-0.15, -0.1) is 0 Å². The number of aliphatic hydroxyl groups excluding tert-OH is 1. The molecule has 0 radical (unpaired) electrons. The molecule has 0 bridgehead atoms. The van der Waals surface area contributed by atoms with Crippen molar-refractivity contribution in [1.82, 2.24) is 16.0 Å². The van der Waals surface area contributed by atoms with Gasteiger partial charge in [-0.25, -0.2) is 0 Å². The monoisotopic (exact) mass is 213 g/mol. The Morgan fingerprint density at radius 1 is 1.60 bits per heavy atom. The summed E-state index contributed by atoms with van der Waals surface area (Å²) in [4.78, 5) is 22.5. The number of carbonyl (C=O) groups is 2. The predicted octanol–water partition coefficient (Wildman–Crippen LogP) is -2.28. The third kappa shape index (κ3) is 2.27. The Morgan fingerprint density at radius 2 is 2.33 bits per heavy atom. The van der Waals surface area contributed by atoms with Gasteiger partial charge in [0.2, 0.25) is 11.8 Å². The largest absolute Gasteiger partial charge is 0.394 e. The Hall–Kier alpha value is -1.14. The molecule has 6 heteroatoms. The predicted molar refractivity (Wildman–Crippen MR) is 52.0 cm³/mol. The Bertz CT molecular complexity index is 278. The molecule has 0 aromatic carbocycles. The first-order chi connectivity index (χ1) is 7.15. The molecule has 1 atom stereocenters. The molecule has 1 saturated heterocycles. The van der Waals surface area contributed by atoms with Crippen LogP contribution in [0.2, 0.25) is 0 Å². The van der Waals surface area contributed by atoms with E-state index in [9.17, 15) is 9.59 Å². The molecule has 0 aromatic heterocycles. The van der Waals surface area contributed by atoms with Crippen LogP contribution in [0.3, 0.4) is 0 Å². The average molecular weight is 213 g/mol. The van der Waals surface area contributed by atoms with E-state index in [2.05, 4.69) is 16.0 Å². The molecule has 1 aliphatic carbocycles. The van der Waals surface area contributed by atoms with Gasteiger partial charge in [-0.05, 0) is 12.8 Å². The van der Waals surface area contributed by atoms with E-state index in [-0.39, 0.29) is 36.5 Å². The van der Waals surface area contributed by atoms with Crippen LogP contribution >= 0.6 is 0 Å². The molecule has 84 valence electrons. The fraction of sp³-hybridized carbons (Fsp3) is 0.778. The van der Waals surface area contributed by atoms with Gasteiger partial charge in [-0.1, -0.05) is 0 Å². The summed E-state index contributed by atoms with van der Waals surface area (Å²) in [7, 11) is 0. The van der Waals surface area contributed by atoms with Crippen molar-refractivity contribution in [3.05, 3.63) is 0 Å². The third-order valence-corrected chi connectivity index (χ3v) is 2.87. The van der Waals surface area contributed by atoms with Gasteiger partial charge >= 0.3 is 0 Å². The molecule has 2 aliphatic rings. The lowest BCUT2D eigenvalue weighted by molar-refractivity contribution is -0.127. The Labute approximate surface area is 87.4 Å². The minimum Gasteiger partial charge on any atom is -0.394 e. The van der Waals surface area contributed by atoms with Crippen LogP contribution in [0, 0.1) is 0 Å². The minimum absolute atomic E-state index is 0.0161. The van der Waals surface area contributed by atoms with Crippen molar-refractivity contribution in [2.24, 2.45) is 0 Å². The summed E-state index contributed by atoms with van der Waals surface area (Å²) < 4.78 is 0. The standard InChI is InChI=1S/C9H15N3O3/c13-5-9(1-2-9)12-8(15)6-3-11-7(14)4-10-6/h6,10,13H,1-5H2,(H,11,14)(H,12,15). The van der Waals surface area contributed by atoms with Crippen molar-refractivity contribution in [2.45, 2.75) is 24.4 Å². The van der Waals surface area contributed by atoms with Gasteiger partial charge in [0.1, 0.15) is 6.04 Å². The number of carbonyl (C=O) groups excluding carboxylic acids is 2. The van der Waals surface area contributed by atoms with E-state index >= 15 is 0 Å². The average Bonchev–Trinajstić information content (AvgIpc) is 2.99. The number of piperazine rings is 1. The van der Waals surface area contributed by atoms with Crippen molar-refractivity contribution >= 4 is 11.8 Å². The van der Waals surface area contributed by atoms with Gasteiger partial charge in [0, 0.05) is 6.54 Å². The fourth-order valence-corrected chi connectivity index (χ4v) is 1.57. The molecule has 4 N–H and O–H groups in total. The van der Waals surface area contributed by atoms with Gasteiger partial charge in [-0.2, -0.15) is 0 Å². The number of hydrogen-bond acceptors (Lipinski definition) is 4. The van der Waals surface area contributed by atoms with E-state index in [1.165, 1.54) is 0 Å². The lowest BCUT2D eigenvalue weighted by atomic mass is 10.2. The summed E-state index contributed by atoms with van der Waals surface area (Å²) in [6.45, 7) is 0.466. The summed E-state index contributed by atoms with van der Waals surface area (Å²) in [6, 6.07) is -0.383. The highest BCUT2D eigenvalue weighted by Gasteiger charge is 2.44. The van der Waals surface area contributed by atoms with Crippen molar-refractivity contribution in [3.8, 4) is 0 Å². The highest BCUT2D eigenvalue weighted by Crippen LogP contribution is 2.34. The van der Waals surface area contributed by atoms with Crippen molar-refractivity contribution in [3.63, 3.8) is 0 Å². The molecule has 1 unspecified atom stereocenters. The van der Waals surface area contributed by atoms with Crippen LogP contribution in [0.1, 0.15) is 12.8 Å². The van der Waals surface area contributed by atoms with E-state index in [1.807, 2.05) is 0 Å². The van der Waals surface area contributed by atoms with Crippen LogP contribution in [0.5, 0.6) is 0 Å². The Morgan fingerprint density at radius 3 is 2.80 bits per heavy atom. The maximum atomic E-state index is 11.7. The van der Waals surface area contributed by atoms with Gasteiger partial charge < -0.3 is 15.7 Å². The molecule has 2 rings (SSSR count). The zero-order valence-electron chi connectivity index (χ0n) is 8.38. The lowest BCUT2D eigenvalue weighted by Crippen LogP contribution is -2.59. The SMILES string of the molecule is O=C1CNC(C(=O)NC2(CO)CC2)CN1. The number of nitrogens with one attached hydrogen (secondary N) is 3. The Balaban J connectivity index is 1.83. The molecule has 2 fully saturated rings. The smallest absolute Gasteiger partial charge is 0.239 e. The number of aliphatic hydroxyl groups is 1. The second kappa shape index (κ2) is 3.79. The minimum atomic E-state index is -0.389. The van der Waals surface area contributed by atoms with Crippen LogP contribution in [0.25, 0.3) is 0 Å². The fourth-order valence-electron chi connectivity index (χ4n) is 1.57. The van der Waals surface area contributed by atoms with Crippen LogP contribution in [0.4, 0.5) is 0 Å². The zero-order valence-corrected chi connectivity index (χ0v) is 8.38. The van der Waals surface area contributed by atoms with Crippen molar-refractivity contribution in [2.75, 3.05) is 19.7 Å². The second-order valence-corrected chi connectivity index (χ2v) is 4.17. The molecule has 6 nitrogen and oxygen atoms in total. The van der Waals surface area contributed by atoms with Gasteiger partial charge in [-0.3, -0.25) is 14.9 Å². The van der Waals surface area contributed by atoms with Crippen LogP contribution in [-0.2, 0) is 9.59 Å². The van der Waals surface area contributed by atoms with Gasteiger partial charge in [0.05, 0.1) is 18.7 Å². The zero-order chi connectivity index (χ0) is 10.9. The van der Waals surface area contributed by atoms with Gasteiger partial charge in [0.15, 0.2) is 0 Å². The number of rotatable bonds is 3. The summed E-state index contributed by atoms with van der Waals surface area (Å²) >= 11 is 0. The lowest BCUT2D eigenvalue weighted by Gasteiger charge is -2.25. The topological polar surface area (TPSA) is 90.5 Å². The van der Waals surface area contributed by atoms with E-state index in [0.717, 1.165) is 12.8 Å². The summed E-state index contributed by atoms with van der Waals surface area (Å²) in [5.41, 5.74) is -0.389. The van der Waals surface area contributed by atoms with Crippen molar-refractivity contribution in [1.29, 1.82) is 0 Å². The molecule has 1 saturated carbocycles. The van der Waals surface area contributed by atoms with Crippen LogP contribution in [0.15, 0.2) is 0 Å². The molecule has 2 amide bonds. The first-order valence-electron chi connectivity index (χ1n) is 5.08. The molecular weight excluding hydrogens is 198 g/mol. The van der Waals surface area contributed by atoms with E-state index in [1.54, 1.807) is 0 Å². The third-order valence-electron chi connectivity index (χ3n) is 2.87. The molecular formula is C9H15N3O3. The number of hydrogen-bond donors (Lipinski definition) is 4. The maximum Gasteiger partial charge on any atom is 0.239 e. The van der Waals surface area contributed by atoms with E-state index < -0.39 is 0 Å². The normalized spacial score (nSPS) is 28.1. The summed E-state index contributed by atoms with van der Waals surface area (Å²) in [5, 5.41) is 17.3. The summed E-state index contributed by atoms with van der Waals surface area (Å²) in [6.07, 6.45) is 1.66. The number of amides is 2. The van der Waals surface area contributed by atoms with E-state index in [4.69, 9.17) is 5.11 Å². The molecule has 0 aromatic rings. The maximum absolute atomic E-state index is 11.7.